The molecule has 0 saturated carbocycles. The summed E-state index contributed by atoms with van der Waals surface area (Å²) in [6.07, 6.45) is -3.21. The smallest absolute Gasteiger partial charge is 0.394 e. The van der Waals surface area contributed by atoms with Crippen LogP contribution in [0.15, 0.2) is 30.5 Å². The van der Waals surface area contributed by atoms with Crippen LogP contribution in [-0.2, 0) is 6.18 Å². The standard InChI is InChI=1S/C14H13F3N2O2S/c1-8-18-6-12(22-8)13(21)19-11(7-20)9-4-2-3-5-10(9)14(15,16)17/h2-6,11,20H,7H2,1H3,(H,19,21). The van der Waals surface area contributed by atoms with E-state index in [1.165, 1.54) is 24.4 Å². The predicted molar refractivity (Wildman–Crippen MR) is 75.6 cm³/mol. The molecule has 0 saturated heterocycles. The minimum absolute atomic E-state index is 0.174. The molecule has 1 amide bonds. The van der Waals surface area contributed by atoms with Gasteiger partial charge in [-0.25, -0.2) is 4.98 Å². The number of nitrogens with zero attached hydrogens (tertiary/aromatic N) is 1. The summed E-state index contributed by atoms with van der Waals surface area (Å²) in [7, 11) is 0. The van der Waals surface area contributed by atoms with E-state index in [1.54, 1.807) is 6.92 Å². The summed E-state index contributed by atoms with van der Waals surface area (Å²) in [6.45, 7) is 1.07. The van der Waals surface area contributed by atoms with Crippen LogP contribution < -0.4 is 5.32 Å². The highest BCUT2D eigenvalue weighted by atomic mass is 32.1. The topological polar surface area (TPSA) is 62.2 Å². The van der Waals surface area contributed by atoms with Crippen LogP contribution in [0.5, 0.6) is 0 Å². The molecule has 22 heavy (non-hydrogen) atoms. The molecule has 0 aliphatic rings. The number of benzene rings is 1. The molecule has 0 bridgehead atoms. The van der Waals surface area contributed by atoms with Gasteiger partial charge in [-0.1, -0.05) is 18.2 Å². The highest BCUT2D eigenvalue weighted by Crippen LogP contribution is 2.34. The molecule has 1 unspecified atom stereocenters. The van der Waals surface area contributed by atoms with Gasteiger partial charge in [0.05, 0.1) is 29.4 Å². The van der Waals surface area contributed by atoms with E-state index in [-0.39, 0.29) is 10.4 Å². The highest BCUT2D eigenvalue weighted by molar-refractivity contribution is 7.13. The first-order valence-corrected chi connectivity index (χ1v) is 7.15. The molecule has 118 valence electrons. The fourth-order valence-electron chi connectivity index (χ4n) is 1.98. The predicted octanol–water partition coefficient (Wildman–Crippen LogP) is 2.93. The van der Waals surface area contributed by atoms with Crippen molar-refractivity contribution in [3.05, 3.63) is 51.5 Å². The second-order valence-corrected chi connectivity index (χ2v) is 5.77. The van der Waals surface area contributed by atoms with E-state index < -0.39 is 30.3 Å². The largest absolute Gasteiger partial charge is 0.416 e. The second kappa shape index (κ2) is 6.45. The number of aliphatic hydroxyl groups is 1. The lowest BCUT2D eigenvalue weighted by atomic mass is 10.00. The molecule has 1 aromatic carbocycles. The summed E-state index contributed by atoms with van der Waals surface area (Å²) in [5.41, 5.74) is -1.05. The molecule has 1 heterocycles. The van der Waals surface area contributed by atoms with Crippen molar-refractivity contribution in [3.8, 4) is 0 Å². The summed E-state index contributed by atoms with van der Waals surface area (Å²) in [4.78, 5) is 16.2. The quantitative estimate of drug-likeness (QED) is 0.906. The SMILES string of the molecule is Cc1ncc(C(=O)NC(CO)c2ccccc2C(F)(F)F)s1. The minimum Gasteiger partial charge on any atom is -0.394 e. The van der Waals surface area contributed by atoms with Crippen LogP contribution in [0.4, 0.5) is 13.2 Å². The number of rotatable bonds is 4. The molecule has 2 aromatic rings. The molecule has 0 fully saturated rings. The molecular formula is C14H13F3N2O2S. The Balaban J connectivity index is 2.28. The third-order valence-electron chi connectivity index (χ3n) is 2.97. The number of thiazole rings is 1. The van der Waals surface area contributed by atoms with Gasteiger partial charge in [0, 0.05) is 0 Å². The number of aromatic nitrogens is 1. The van der Waals surface area contributed by atoms with Crippen LogP contribution in [0.3, 0.4) is 0 Å². The average Bonchev–Trinajstić information content (AvgIpc) is 2.90. The van der Waals surface area contributed by atoms with Gasteiger partial charge in [0.2, 0.25) is 0 Å². The maximum atomic E-state index is 13.0. The molecule has 0 spiro atoms. The summed E-state index contributed by atoms with van der Waals surface area (Å²) < 4.78 is 39.0. The Labute approximate surface area is 128 Å². The molecule has 0 radical (unpaired) electrons. The van der Waals surface area contributed by atoms with Crippen LogP contribution in [0, 0.1) is 6.92 Å². The third kappa shape index (κ3) is 3.63. The fraction of sp³-hybridized carbons (Fsp3) is 0.286. The first kappa shape index (κ1) is 16.4. The van der Waals surface area contributed by atoms with Crippen LogP contribution in [0.2, 0.25) is 0 Å². The Hall–Kier alpha value is -1.93. The number of alkyl halides is 3. The zero-order chi connectivity index (χ0) is 16.3. The van der Waals surface area contributed by atoms with Crippen molar-refractivity contribution >= 4 is 17.2 Å². The van der Waals surface area contributed by atoms with Gasteiger partial charge < -0.3 is 10.4 Å². The molecule has 8 heteroatoms. The van der Waals surface area contributed by atoms with Crippen molar-refractivity contribution in [2.24, 2.45) is 0 Å². The van der Waals surface area contributed by atoms with Gasteiger partial charge in [-0.2, -0.15) is 13.2 Å². The van der Waals surface area contributed by atoms with Gasteiger partial charge in [0.1, 0.15) is 4.88 Å². The molecule has 0 aliphatic carbocycles. The van der Waals surface area contributed by atoms with Gasteiger partial charge in [-0.15, -0.1) is 11.3 Å². The lowest BCUT2D eigenvalue weighted by Gasteiger charge is -2.20. The molecule has 1 aromatic heterocycles. The van der Waals surface area contributed by atoms with E-state index in [9.17, 15) is 23.1 Å². The number of aryl methyl sites for hydroxylation is 1. The van der Waals surface area contributed by atoms with Crippen molar-refractivity contribution < 1.29 is 23.1 Å². The molecule has 2 N–H and O–H groups in total. The second-order valence-electron chi connectivity index (χ2n) is 4.54. The summed E-state index contributed by atoms with van der Waals surface area (Å²) in [5.74, 6) is -0.568. The van der Waals surface area contributed by atoms with Crippen LogP contribution in [0.1, 0.15) is 31.8 Å². The summed E-state index contributed by atoms with van der Waals surface area (Å²) in [6, 6.07) is 3.70. The Bertz CT molecular complexity index is 670. The third-order valence-corrected chi connectivity index (χ3v) is 3.89. The Morgan fingerprint density at radius 1 is 1.41 bits per heavy atom. The number of hydrogen-bond donors (Lipinski definition) is 2. The van der Waals surface area contributed by atoms with Gasteiger partial charge in [-0.3, -0.25) is 4.79 Å². The molecular weight excluding hydrogens is 317 g/mol. The maximum absolute atomic E-state index is 13.0. The first-order chi connectivity index (χ1) is 10.3. The molecule has 2 rings (SSSR count). The number of nitrogens with one attached hydrogen (secondary N) is 1. The van der Waals surface area contributed by atoms with E-state index in [1.807, 2.05) is 0 Å². The van der Waals surface area contributed by atoms with Gasteiger partial charge >= 0.3 is 6.18 Å². The number of halogens is 3. The number of hydrogen-bond acceptors (Lipinski definition) is 4. The van der Waals surface area contributed by atoms with Crippen LogP contribution >= 0.6 is 11.3 Å². The maximum Gasteiger partial charge on any atom is 0.416 e. The minimum atomic E-state index is -4.56. The lowest BCUT2D eigenvalue weighted by molar-refractivity contribution is -0.138. The summed E-state index contributed by atoms with van der Waals surface area (Å²) in [5, 5.41) is 12.5. The zero-order valence-corrected chi connectivity index (χ0v) is 12.3. The summed E-state index contributed by atoms with van der Waals surface area (Å²) >= 11 is 1.13. The van der Waals surface area contributed by atoms with E-state index in [4.69, 9.17) is 0 Å². The van der Waals surface area contributed by atoms with Crippen molar-refractivity contribution in [3.63, 3.8) is 0 Å². The lowest BCUT2D eigenvalue weighted by Crippen LogP contribution is -2.31. The number of carbonyl (C=O) groups excluding carboxylic acids is 1. The highest BCUT2D eigenvalue weighted by Gasteiger charge is 2.35. The van der Waals surface area contributed by atoms with Gasteiger partial charge in [0.15, 0.2) is 0 Å². The number of amides is 1. The number of carbonyl (C=O) groups is 1. The van der Waals surface area contributed by atoms with E-state index in [0.29, 0.717) is 5.01 Å². The van der Waals surface area contributed by atoms with Crippen molar-refractivity contribution in [1.82, 2.24) is 10.3 Å². The van der Waals surface area contributed by atoms with E-state index in [0.717, 1.165) is 17.4 Å². The molecule has 4 nitrogen and oxygen atoms in total. The molecule has 0 aliphatic heterocycles. The number of aliphatic hydroxyl groups excluding tert-OH is 1. The van der Waals surface area contributed by atoms with Crippen LogP contribution in [0.25, 0.3) is 0 Å². The Morgan fingerprint density at radius 3 is 2.64 bits per heavy atom. The van der Waals surface area contributed by atoms with E-state index >= 15 is 0 Å². The Morgan fingerprint density at radius 2 is 2.09 bits per heavy atom. The fourth-order valence-corrected chi connectivity index (χ4v) is 2.66. The Kier molecular flexibility index (Phi) is 4.82. The molecule has 1 atom stereocenters. The van der Waals surface area contributed by atoms with Crippen molar-refractivity contribution in [2.45, 2.75) is 19.1 Å². The van der Waals surface area contributed by atoms with Crippen molar-refractivity contribution in [1.29, 1.82) is 0 Å². The van der Waals surface area contributed by atoms with Crippen molar-refractivity contribution in [2.75, 3.05) is 6.61 Å². The van der Waals surface area contributed by atoms with Crippen LogP contribution in [-0.4, -0.2) is 22.6 Å². The van der Waals surface area contributed by atoms with Gasteiger partial charge in [0.25, 0.3) is 5.91 Å². The first-order valence-electron chi connectivity index (χ1n) is 6.33. The monoisotopic (exact) mass is 330 g/mol. The normalized spacial score (nSPS) is 13.0. The van der Waals surface area contributed by atoms with Gasteiger partial charge in [-0.05, 0) is 18.6 Å². The average molecular weight is 330 g/mol. The zero-order valence-electron chi connectivity index (χ0n) is 11.5. The van der Waals surface area contributed by atoms with E-state index in [2.05, 4.69) is 10.3 Å².